The molecule has 0 bridgehead atoms. The largest absolute Gasteiger partial charge is 0.335 e. The maximum atomic E-state index is 12.6. The van der Waals surface area contributed by atoms with Crippen molar-refractivity contribution in [3.63, 3.8) is 0 Å². The van der Waals surface area contributed by atoms with Crippen LogP contribution < -0.4 is 0 Å². The molecule has 1 atom stereocenters. The third-order valence-corrected chi connectivity index (χ3v) is 5.93. The van der Waals surface area contributed by atoms with Crippen LogP contribution in [0.25, 0.3) is 0 Å². The molecule has 1 saturated heterocycles. The fourth-order valence-electron chi connectivity index (χ4n) is 3.86. The molecular formula is C21H34N6O. The highest BCUT2D eigenvalue weighted by Crippen LogP contribution is 2.28. The normalized spacial score (nSPS) is 21.1. The molecule has 7 nitrogen and oxygen atoms in total. The molecular weight excluding hydrogens is 352 g/mol. The zero-order valence-corrected chi connectivity index (χ0v) is 17.6. The molecule has 7 heteroatoms. The number of amides is 1. The number of hydrogen-bond acceptors (Lipinski definition) is 5. The van der Waals surface area contributed by atoms with Gasteiger partial charge < -0.3 is 14.7 Å². The summed E-state index contributed by atoms with van der Waals surface area (Å²) in [6.45, 7) is 12.2. The lowest BCUT2D eigenvalue weighted by molar-refractivity contribution is 0.0658. The van der Waals surface area contributed by atoms with E-state index in [1.165, 1.54) is 17.6 Å². The molecule has 1 aliphatic heterocycles. The minimum Gasteiger partial charge on any atom is -0.335 e. The number of hydrogen-bond donors (Lipinski definition) is 0. The zero-order valence-electron chi connectivity index (χ0n) is 17.6. The van der Waals surface area contributed by atoms with Gasteiger partial charge >= 0.3 is 0 Å². The van der Waals surface area contributed by atoms with Crippen molar-refractivity contribution in [1.29, 1.82) is 0 Å². The number of rotatable bonds is 7. The van der Waals surface area contributed by atoms with E-state index in [0.29, 0.717) is 11.6 Å². The summed E-state index contributed by atoms with van der Waals surface area (Å²) in [7, 11) is 4.22. The van der Waals surface area contributed by atoms with Gasteiger partial charge in [0.15, 0.2) is 5.69 Å². The van der Waals surface area contributed by atoms with E-state index in [2.05, 4.69) is 53.8 Å². The Morgan fingerprint density at radius 1 is 1.32 bits per heavy atom. The summed E-state index contributed by atoms with van der Waals surface area (Å²) >= 11 is 0. The van der Waals surface area contributed by atoms with Crippen LogP contribution in [0.2, 0.25) is 0 Å². The molecule has 1 aliphatic carbocycles. The van der Waals surface area contributed by atoms with Gasteiger partial charge in [-0.2, -0.15) is 0 Å². The minimum absolute atomic E-state index is 0.00729. The number of carbonyl (C=O) groups is 1. The fraction of sp³-hybridized carbons (Fsp3) is 0.667. The van der Waals surface area contributed by atoms with E-state index in [1.807, 2.05) is 4.90 Å². The smallest absolute Gasteiger partial charge is 0.276 e. The molecule has 28 heavy (non-hydrogen) atoms. The maximum Gasteiger partial charge on any atom is 0.276 e. The lowest BCUT2D eigenvalue weighted by atomic mass is 9.85. The van der Waals surface area contributed by atoms with E-state index in [0.717, 1.165) is 58.7 Å². The monoisotopic (exact) mass is 386 g/mol. The number of carbonyl (C=O) groups excluding carboxylic acids is 1. The fourth-order valence-corrected chi connectivity index (χ4v) is 3.86. The number of aromatic nitrogens is 3. The topological polar surface area (TPSA) is 57.5 Å². The Morgan fingerprint density at radius 2 is 2.07 bits per heavy atom. The van der Waals surface area contributed by atoms with Crippen LogP contribution in [0.3, 0.4) is 0 Å². The van der Waals surface area contributed by atoms with Crippen molar-refractivity contribution >= 4 is 5.91 Å². The first kappa shape index (κ1) is 20.7. The summed E-state index contributed by atoms with van der Waals surface area (Å²) in [6, 6.07) is 0. The van der Waals surface area contributed by atoms with E-state index in [4.69, 9.17) is 0 Å². The van der Waals surface area contributed by atoms with Gasteiger partial charge in [-0.1, -0.05) is 29.0 Å². The molecule has 1 fully saturated rings. The third kappa shape index (κ3) is 5.52. The summed E-state index contributed by atoms with van der Waals surface area (Å²) in [6.07, 6.45) is 7.68. The van der Waals surface area contributed by atoms with E-state index < -0.39 is 0 Å². The molecule has 154 valence electrons. The van der Waals surface area contributed by atoms with Crippen molar-refractivity contribution in [1.82, 2.24) is 29.7 Å². The number of allylic oxidation sites excluding steroid dienone is 2. The Kier molecular flexibility index (Phi) is 7.02. The molecule has 0 N–H and O–H groups in total. The first-order chi connectivity index (χ1) is 13.4. The van der Waals surface area contributed by atoms with Gasteiger partial charge in [0.2, 0.25) is 0 Å². The predicted molar refractivity (Wildman–Crippen MR) is 111 cm³/mol. The average Bonchev–Trinajstić information content (AvgIpc) is 3.16. The predicted octanol–water partition coefficient (Wildman–Crippen LogP) is 1.90. The first-order valence-corrected chi connectivity index (χ1v) is 10.3. The summed E-state index contributed by atoms with van der Waals surface area (Å²) in [4.78, 5) is 19.0. The second-order valence-corrected chi connectivity index (χ2v) is 8.38. The molecule has 1 aromatic heterocycles. The molecule has 3 rings (SSSR count). The van der Waals surface area contributed by atoms with Gasteiger partial charge in [-0.05, 0) is 46.2 Å². The van der Waals surface area contributed by atoms with Crippen LogP contribution in [0.4, 0.5) is 0 Å². The zero-order chi connectivity index (χ0) is 20.1. The molecule has 2 heterocycles. The number of nitrogens with zero attached hydrogens (tertiary/aromatic N) is 6. The second kappa shape index (κ2) is 9.47. The van der Waals surface area contributed by atoms with Gasteiger partial charge in [0, 0.05) is 39.3 Å². The standard InChI is InChI=1S/C21H34N6O/c1-17(2)19-7-5-18(6-8-19)15-25(4)11-14-27-16-20(22-23-27)21(28)26-12-9-24(3)10-13-26/h5,16,19H,1,6-15H2,2-4H3/t19-/m1/s1. The summed E-state index contributed by atoms with van der Waals surface area (Å²) in [5.74, 6) is 0.646. The molecule has 0 spiro atoms. The number of likely N-dealkylation sites (N-methyl/N-ethyl adjacent to an activating group) is 2. The van der Waals surface area contributed by atoms with Crippen molar-refractivity contribution in [2.75, 3.05) is 53.4 Å². The lowest BCUT2D eigenvalue weighted by Gasteiger charge is -2.31. The van der Waals surface area contributed by atoms with E-state index >= 15 is 0 Å². The summed E-state index contributed by atoms with van der Waals surface area (Å²) < 4.78 is 1.78. The Labute approximate surface area is 168 Å². The molecule has 1 aromatic rings. The van der Waals surface area contributed by atoms with Crippen LogP contribution in [-0.4, -0.2) is 89.0 Å². The quantitative estimate of drug-likeness (QED) is 0.670. The van der Waals surface area contributed by atoms with Crippen molar-refractivity contribution in [3.05, 3.63) is 35.7 Å². The molecule has 0 unspecified atom stereocenters. The van der Waals surface area contributed by atoms with Crippen LogP contribution in [0.15, 0.2) is 30.0 Å². The SMILES string of the molecule is C=C(C)[C@@H]1CC=C(CN(C)CCn2cc(C(=O)N3CCN(C)CC3)nn2)CC1. The molecule has 0 aromatic carbocycles. The second-order valence-electron chi connectivity index (χ2n) is 8.38. The number of piperazine rings is 1. The minimum atomic E-state index is -0.00729. The van der Waals surface area contributed by atoms with Gasteiger partial charge in [-0.25, -0.2) is 0 Å². The van der Waals surface area contributed by atoms with Crippen LogP contribution in [0, 0.1) is 5.92 Å². The van der Waals surface area contributed by atoms with Gasteiger partial charge in [0.05, 0.1) is 12.7 Å². The van der Waals surface area contributed by atoms with Gasteiger partial charge in [0.25, 0.3) is 5.91 Å². The van der Waals surface area contributed by atoms with Crippen molar-refractivity contribution in [2.45, 2.75) is 32.7 Å². The van der Waals surface area contributed by atoms with Gasteiger partial charge in [0.1, 0.15) is 0 Å². The van der Waals surface area contributed by atoms with Crippen LogP contribution >= 0.6 is 0 Å². The Bertz CT molecular complexity index is 716. The highest BCUT2D eigenvalue weighted by molar-refractivity contribution is 5.92. The third-order valence-electron chi connectivity index (χ3n) is 5.93. The first-order valence-electron chi connectivity index (χ1n) is 10.3. The molecule has 2 aliphatic rings. The van der Waals surface area contributed by atoms with Crippen molar-refractivity contribution in [2.24, 2.45) is 5.92 Å². The Morgan fingerprint density at radius 3 is 2.71 bits per heavy atom. The average molecular weight is 387 g/mol. The van der Waals surface area contributed by atoms with Gasteiger partial charge in [-0.15, -0.1) is 5.10 Å². The van der Waals surface area contributed by atoms with Gasteiger partial charge in [-0.3, -0.25) is 9.48 Å². The summed E-state index contributed by atoms with van der Waals surface area (Å²) in [5.41, 5.74) is 3.27. The molecule has 0 radical (unpaired) electrons. The summed E-state index contributed by atoms with van der Waals surface area (Å²) in [5, 5.41) is 8.25. The highest BCUT2D eigenvalue weighted by atomic mass is 16.2. The molecule has 0 saturated carbocycles. The van der Waals surface area contributed by atoms with Crippen molar-refractivity contribution < 1.29 is 4.79 Å². The Balaban J connectivity index is 1.44. The Hall–Kier alpha value is -1.99. The lowest BCUT2D eigenvalue weighted by Crippen LogP contribution is -2.47. The van der Waals surface area contributed by atoms with E-state index in [-0.39, 0.29) is 5.91 Å². The maximum absolute atomic E-state index is 12.6. The van der Waals surface area contributed by atoms with Crippen LogP contribution in [-0.2, 0) is 6.54 Å². The van der Waals surface area contributed by atoms with Crippen molar-refractivity contribution in [3.8, 4) is 0 Å². The van der Waals surface area contributed by atoms with Crippen LogP contribution in [0.1, 0.15) is 36.7 Å². The van der Waals surface area contributed by atoms with E-state index in [1.54, 1.807) is 10.9 Å². The highest BCUT2D eigenvalue weighted by Gasteiger charge is 2.22. The van der Waals surface area contributed by atoms with E-state index in [9.17, 15) is 4.79 Å². The van der Waals surface area contributed by atoms with Crippen LogP contribution in [0.5, 0.6) is 0 Å². The molecule has 1 amide bonds.